The highest BCUT2D eigenvalue weighted by Gasteiger charge is 2.30. The number of nitrogens with one attached hydrogen (secondary N) is 2. The molecule has 45 heavy (non-hydrogen) atoms. The van der Waals surface area contributed by atoms with Gasteiger partial charge in [0.1, 0.15) is 22.3 Å². The van der Waals surface area contributed by atoms with Gasteiger partial charge in [-0.25, -0.2) is 15.0 Å². The monoisotopic (exact) mass is 640 g/mol. The van der Waals surface area contributed by atoms with Crippen LogP contribution in [0.15, 0.2) is 48.7 Å². The fourth-order valence-corrected chi connectivity index (χ4v) is 5.71. The highest BCUT2D eigenvalue weighted by molar-refractivity contribution is 7.17. The van der Waals surface area contributed by atoms with E-state index in [1.807, 2.05) is 6.07 Å². The van der Waals surface area contributed by atoms with Gasteiger partial charge in [0.25, 0.3) is 5.91 Å². The summed E-state index contributed by atoms with van der Waals surface area (Å²) < 4.78 is 40.0. The van der Waals surface area contributed by atoms with E-state index in [0.717, 1.165) is 55.5 Å². The quantitative estimate of drug-likeness (QED) is 0.208. The summed E-state index contributed by atoms with van der Waals surface area (Å²) in [5.41, 5.74) is 5.87. The molecule has 2 aromatic carbocycles. The van der Waals surface area contributed by atoms with Crippen LogP contribution in [-0.4, -0.2) is 76.1 Å². The van der Waals surface area contributed by atoms with E-state index < -0.39 is 23.6 Å². The molecule has 5 N–H and O–H groups in total. The fraction of sp³-hybridized carbons (Fsp3) is 0.300. The number of carbonyl (C=O) groups excluding carboxylic acids is 2. The number of halogens is 3. The second-order valence-corrected chi connectivity index (χ2v) is 11.5. The molecule has 1 saturated heterocycles. The van der Waals surface area contributed by atoms with Crippen LogP contribution in [0, 0.1) is 13.8 Å². The molecule has 11 nitrogen and oxygen atoms in total. The highest BCUT2D eigenvalue weighted by atomic mass is 32.1. The second kappa shape index (κ2) is 13.2. The third kappa shape index (κ3) is 7.56. The Labute approximate surface area is 260 Å². The van der Waals surface area contributed by atoms with Crippen molar-refractivity contribution in [1.29, 1.82) is 0 Å². The van der Waals surface area contributed by atoms with Crippen LogP contribution < -0.4 is 21.3 Å². The third-order valence-corrected chi connectivity index (χ3v) is 8.26. The van der Waals surface area contributed by atoms with Crippen molar-refractivity contribution < 1.29 is 27.9 Å². The van der Waals surface area contributed by atoms with Gasteiger partial charge in [-0.2, -0.15) is 13.2 Å². The molecule has 15 heteroatoms. The van der Waals surface area contributed by atoms with Crippen LogP contribution >= 0.6 is 11.3 Å². The summed E-state index contributed by atoms with van der Waals surface area (Å²) in [4.78, 5) is 43.3. The number of hydrogen-bond donors (Lipinski definition) is 4. The zero-order chi connectivity index (χ0) is 32.3. The average molecular weight is 641 g/mol. The van der Waals surface area contributed by atoms with Crippen LogP contribution in [0.4, 0.5) is 35.6 Å². The smallest absolute Gasteiger partial charge is 0.395 e. The maximum atomic E-state index is 13.3. The molecule has 0 aliphatic carbocycles. The minimum Gasteiger partial charge on any atom is -0.395 e. The van der Waals surface area contributed by atoms with Gasteiger partial charge in [-0.3, -0.25) is 14.5 Å². The maximum Gasteiger partial charge on any atom is 0.416 e. The largest absolute Gasteiger partial charge is 0.416 e. The first kappa shape index (κ1) is 31.8. The number of carbonyl (C=O) groups is 2. The molecule has 0 atom stereocenters. The molecular weight excluding hydrogens is 609 g/mol. The van der Waals surface area contributed by atoms with E-state index in [9.17, 15) is 27.9 Å². The number of aryl methyl sites for hydroxylation is 1. The molecule has 1 aliphatic rings. The molecule has 0 saturated carbocycles. The van der Waals surface area contributed by atoms with Gasteiger partial charge >= 0.3 is 6.18 Å². The number of rotatable bonds is 9. The lowest BCUT2D eigenvalue weighted by Gasteiger charge is -2.35. The summed E-state index contributed by atoms with van der Waals surface area (Å²) >= 11 is 1.07. The number of nitrogens with two attached hydrogens (primary N) is 1. The Morgan fingerprint density at radius 1 is 1.04 bits per heavy atom. The number of piperazine rings is 1. The lowest BCUT2D eigenvalue weighted by molar-refractivity contribution is -0.137. The average Bonchev–Trinajstić information content (AvgIpc) is 3.46. The first-order chi connectivity index (χ1) is 21.4. The van der Waals surface area contributed by atoms with Crippen molar-refractivity contribution in [3.05, 3.63) is 76.1 Å². The van der Waals surface area contributed by atoms with E-state index in [4.69, 9.17) is 5.73 Å². The van der Waals surface area contributed by atoms with Crippen molar-refractivity contribution in [2.45, 2.75) is 20.0 Å². The molecule has 0 unspecified atom stereocenters. The molecule has 0 bridgehead atoms. The standard InChI is InChI=1S/C30H31F3N8O3S/c1-17-22(27(34)43)13-20(19-4-3-5-21(12-19)30(31,32)33)14-23(17)38-28(44)24-16-35-29(45-24)39-25-15-26(37-18(2)36-25)41-8-6-40(7-9-41)10-11-42/h3-5,12-16,42H,6-11H2,1-2H3,(H2,34,43)(H,38,44)(H,35,36,37,39). The highest BCUT2D eigenvalue weighted by Crippen LogP contribution is 2.35. The number of nitrogens with zero attached hydrogens (tertiary/aromatic N) is 5. The van der Waals surface area contributed by atoms with Crippen molar-refractivity contribution in [3.8, 4) is 11.1 Å². The number of aliphatic hydroxyl groups is 1. The van der Waals surface area contributed by atoms with Crippen molar-refractivity contribution in [3.63, 3.8) is 0 Å². The van der Waals surface area contributed by atoms with Crippen molar-refractivity contribution in [2.75, 3.05) is 54.9 Å². The maximum absolute atomic E-state index is 13.3. The molecule has 1 aliphatic heterocycles. The lowest BCUT2D eigenvalue weighted by Crippen LogP contribution is -2.47. The van der Waals surface area contributed by atoms with Crippen LogP contribution in [0.25, 0.3) is 11.1 Å². The second-order valence-electron chi connectivity index (χ2n) is 10.5. The van der Waals surface area contributed by atoms with Gasteiger partial charge in [-0.15, -0.1) is 0 Å². The summed E-state index contributed by atoms with van der Waals surface area (Å²) in [7, 11) is 0. The molecule has 2 amide bonds. The van der Waals surface area contributed by atoms with E-state index in [0.29, 0.717) is 28.9 Å². The summed E-state index contributed by atoms with van der Waals surface area (Å²) in [6.07, 6.45) is -3.16. The van der Waals surface area contributed by atoms with E-state index in [-0.39, 0.29) is 33.9 Å². The SMILES string of the molecule is Cc1nc(Nc2ncc(C(=O)Nc3cc(-c4cccc(C(F)(F)F)c4)cc(C(N)=O)c3C)s2)cc(N2CCN(CCO)CC2)n1. The van der Waals surface area contributed by atoms with E-state index in [1.165, 1.54) is 30.5 Å². The molecule has 0 radical (unpaired) electrons. The van der Waals surface area contributed by atoms with Crippen LogP contribution in [0.5, 0.6) is 0 Å². The number of hydrogen-bond acceptors (Lipinski definition) is 10. The first-order valence-corrected chi connectivity index (χ1v) is 14.8. The number of aromatic nitrogens is 3. The Bertz CT molecular complexity index is 1720. The topological polar surface area (TPSA) is 150 Å². The van der Waals surface area contributed by atoms with E-state index >= 15 is 0 Å². The number of anilines is 4. The zero-order valence-corrected chi connectivity index (χ0v) is 25.3. The molecular formula is C30H31F3N8O3S. The first-order valence-electron chi connectivity index (χ1n) is 14.0. The number of alkyl halides is 3. The van der Waals surface area contributed by atoms with E-state index in [1.54, 1.807) is 13.8 Å². The number of benzene rings is 2. The Hall–Kier alpha value is -4.60. The van der Waals surface area contributed by atoms with Gasteiger partial charge in [0.15, 0.2) is 5.13 Å². The van der Waals surface area contributed by atoms with Gasteiger partial charge < -0.3 is 26.4 Å². The third-order valence-electron chi connectivity index (χ3n) is 7.35. The molecule has 236 valence electrons. The van der Waals surface area contributed by atoms with Crippen LogP contribution in [0.1, 0.15) is 37.0 Å². The number of aliphatic hydroxyl groups excluding tert-OH is 1. The predicted octanol–water partition coefficient (Wildman–Crippen LogP) is 4.44. The van der Waals surface area contributed by atoms with Gasteiger partial charge in [0, 0.05) is 50.0 Å². The summed E-state index contributed by atoms with van der Waals surface area (Å²) in [6.45, 7) is 7.25. The number of β-amino-alcohol motifs (C(OH)–C–C–N with tert-alkyl or cyclic N) is 1. The summed E-state index contributed by atoms with van der Waals surface area (Å²) in [6, 6.07) is 9.40. The summed E-state index contributed by atoms with van der Waals surface area (Å²) in [5.74, 6) is 0.508. The van der Waals surface area contributed by atoms with Gasteiger partial charge in [0.05, 0.1) is 18.4 Å². The van der Waals surface area contributed by atoms with Gasteiger partial charge in [-0.1, -0.05) is 23.5 Å². The molecule has 5 rings (SSSR count). The number of amides is 2. The Morgan fingerprint density at radius 2 is 1.80 bits per heavy atom. The number of thiazole rings is 1. The van der Waals surface area contributed by atoms with Crippen molar-refractivity contribution in [2.24, 2.45) is 5.73 Å². The number of primary amides is 1. The lowest BCUT2D eigenvalue weighted by atomic mass is 9.96. The van der Waals surface area contributed by atoms with Crippen LogP contribution in [-0.2, 0) is 6.18 Å². The molecule has 0 spiro atoms. The molecule has 3 heterocycles. The van der Waals surface area contributed by atoms with Gasteiger partial charge in [0.2, 0.25) is 5.91 Å². The molecule has 2 aromatic heterocycles. The van der Waals surface area contributed by atoms with Crippen molar-refractivity contribution >= 4 is 45.6 Å². The van der Waals surface area contributed by atoms with Crippen molar-refractivity contribution in [1.82, 2.24) is 19.9 Å². The van der Waals surface area contributed by atoms with Gasteiger partial charge in [-0.05, 0) is 54.8 Å². The summed E-state index contributed by atoms with van der Waals surface area (Å²) in [5, 5.41) is 15.5. The Kier molecular flexibility index (Phi) is 9.32. The minimum atomic E-state index is -4.55. The fourth-order valence-electron chi connectivity index (χ4n) is 4.99. The predicted molar refractivity (Wildman–Crippen MR) is 166 cm³/mol. The van der Waals surface area contributed by atoms with Crippen LogP contribution in [0.2, 0.25) is 0 Å². The Balaban J connectivity index is 1.33. The molecule has 1 fully saturated rings. The zero-order valence-electron chi connectivity index (χ0n) is 24.5. The Morgan fingerprint density at radius 3 is 2.49 bits per heavy atom. The molecule has 4 aromatic rings. The van der Waals surface area contributed by atoms with E-state index in [2.05, 4.69) is 35.4 Å². The normalized spacial score (nSPS) is 14.0. The van der Waals surface area contributed by atoms with Crippen LogP contribution in [0.3, 0.4) is 0 Å². The minimum absolute atomic E-state index is 0.0663.